The zero-order valence-corrected chi connectivity index (χ0v) is 22.0. The molecule has 9 nitrogen and oxygen atoms in total. The smallest absolute Gasteiger partial charge is 0.243 e. The summed E-state index contributed by atoms with van der Waals surface area (Å²) in [4.78, 5) is 40.3. The van der Waals surface area contributed by atoms with Crippen molar-refractivity contribution in [2.75, 3.05) is 28.5 Å². The topological polar surface area (TPSA) is 114 Å². The van der Waals surface area contributed by atoms with Crippen molar-refractivity contribution in [3.63, 3.8) is 0 Å². The van der Waals surface area contributed by atoms with Crippen molar-refractivity contribution in [2.45, 2.75) is 58.0 Å². The van der Waals surface area contributed by atoms with E-state index in [1.807, 2.05) is 25.1 Å². The summed E-state index contributed by atoms with van der Waals surface area (Å²) in [6, 6.07) is 11.6. The van der Waals surface area contributed by atoms with Gasteiger partial charge in [-0.05, 0) is 56.5 Å². The minimum absolute atomic E-state index is 0.104. The van der Waals surface area contributed by atoms with E-state index in [2.05, 4.69) is 10.6 Å². The summed E-state index contributed by atoms with van der Waals surface area (Å²) in [5.41, 5.74) is 1.96. The van der Waals surface area contributed by atoms with Crippen LogP contribution in [0.1, 0.15) is 44.6 Å². The Hall–Kier alpha value is -3.40. The van der Waals surface area contributed by atoms with Crippen LogP contribution in [0, 0.1) is 6.92 Å². The number of anilines is 2. The highest BCUT2D eigenvalue weighted by Crippen LogP contribution is 2.34. The summed E-state index contributed by atoms with van der Waals surface area (Å²) in [6.07, 6.45) is 5.18. The Bertz CT molecular complexity index is 1180. The predicted octanol–water partition coefficient (Wildman–Crippen LogP) is 3.28. The molecule has 1 fully saturated rings. The average Bonchev–Trinajstić information content (AvgIpc) is 3.32. The van der Waals surface area contributed by atoms with Gasteiger partial charge in [0.25, 0.3) is 0 Å². The fourth-order valence-electron chi connectivity index (χ4n) is 4.62. The second-order valence-electron chi connectivity index (χ2n) is 9.47. The van der Waals surface area contributed by atoms with Crippen LogP contribution in [0.2, 0.25) is 0 Å². The molecule has 0 aromatic heterocycles. The molecule has 2 atom stereocenters. The van der Waals surface area contributed by atoms with Gasteiger partial charge in [-0.25, -0.2) is 0 Å². The number of rotatable bonds is 9. The molecule has 0 unspecified atom stereocenters. The molecule has 2 aliphatic rings. The van der Waals surface area contributed by atoms with E-state index in [9.17, 15) is 18.6 Å². The summed E-state index contributed by atoms with van der Waals surface area (Å²) in [5, 5.41) is 5.75. The number of nitrogens with one attached hydrogen (secondary N) is 2. The maximum atomic E-state index is 13.4. The molecule has 0 spiro atoms. The highest BCUT2D eigenvalue weighted by molar-refractivity contribution is 7.86. The number of amides is 3. The summed E-state index contributed by atoms with van der Waals surface area (Å²) in [5.74, 6) is -0.851. The van der Waals surface area contributed by atoms with Gasteiger partial charge >= 0.3 is 0 Å². The van der Waals surface area contributed by atoms with Crippen molar-refractivity contribution in [1.29, 1.82) is 0 Å². The molecule has 1 saturated carbocycles. The molecule has 3 amide bonds. The van der Waals surface area contributed by atoms with Crippen LogP contribution in [0.5, 0.6) is 11.5 Å². The zero-order valence-electron chi connectivity index (χ0n) is 21.2. The predicted molar refractivity (Wildman–Crippen MR) is 142 cm³/mol. The molecule has 37 heavy (non-hydrogen) atoms. The first-order chi connectivity index (χ1) is 17.8. The Morgan fingerprint density at radius 2 is 1.78 bits per heavy atom. The van der Waals surface area contributed by atoms with Crippen molar-refractivity contribution in [3.8, 4) is 11.5 Å². The highest BCUT2D eigenvalue weighted by Gasteiger charge is 2.30. The van der Waals surface area contributed by atoms with Gasteiger partial charge in [-0.1, -0.05) is 31.4 Å². The van der Waals surface area contributed by atoms with Crippen LogP contribution in [-0.4, -0.2) is 52.3 Å². The third-order valence-corrected chi connectivity index (χ3v) is 7.65. The number of ether oxygens (including phenoxy) is 2. The lowest BCUT2D eigenvalue weighted by molar-refractivity contribution is -0.126. The monoisotopic (exact) mass is 527 g/mol. The summed E-state index contributed by atoms with van der Waals surface area (Å²) >= 11 is 0. The molecule has 4 rings (SSSR count). The first-order valence-electron chi connectivity index (χ1n) is 12.5. The molecule has 2 aromatic rings. The molecule has 1 aliphatic carbocycles. The van der Waals surface area contributed by atoms with Gasteiger partial charge in [-0.15, -0.1) is 0 Å². The average molecular weight is 528 g/mol. The molecular formula is C27H33N3O6S. The fraction of sp³-hybridized carbons (Fsp3) is 0.444. The van der Waals surface area contributed by atoms with E-state index in [0.29, 0.717) is 22.9 Å². The molecule has 1 heterocycles. The Kier molecular flexibility index (Phi) is 8.81. The minimum atomic E-state index is -1.78. The number of nitrogens with zero attached hydrogens (tertiary/aromatic N) is 1. The van der Waals surface area contributed by atoms with E-state index in [0.717, 1.165) is 31.2 Å². The third-order valence-electron chi connectivity index (χ3n) is 6.50. The van der Waals surface area contributed by atoms with Gasteiger partial charge < -0.3 is 20.1 Å². The number of fused-ring (bicyclic) bond motifs is 1. The number of hydrogen-bond donors (Lipinski definition) is 2. The van der Waals surface area contributed by atoms with Crippen molar-refractivity contribution in [2.24, 2.45) is 0 Å². The van der Waals surface area contributed by atoms with Crippen molar-refractivity contribution < 1.29 is 28.1 Å². The molecular weight excluding hydrogens is 494 g/mol. The van der Waals surface area contributed by atoms with Crippen LogP contribution >= 0.6 is 0 Å². The molecule has 0 bridgehead atoms. The molecule has 1 aliphatic heterocycles. The quantitative estimate of drug-likeness (QED) is 0.517. The lowest BCUT2D eigenvalue weighted by atomic mass is 9.95. The van der Waals surface area contributed by atoms with E-state index in [1.54, 1.807) is 31.2 Å². The van der Waals surface area contributed by atoms with E-state index in [1.165, 1.54) is 11.3 Å². The van der Waals surface area contributed by atoms with Gasteiger partial charge in [-0.3, -0.25) is 23.5 Å². The number of benzene rings is 2. The van der Waals surface area contributed by atoms with Crippen LogP contribution in [-0.2, 0) is 25.2 Å². The van der Waals surface area contributed by atoms with Crippen LogP contribution in [0.4, 0.5) is 11.4 Å². The largest absolute Gasteiger partial charge is 0.454 e. The minimum Gasteiger partial charge on any atom is -0.454 e. The zero-order chi connectivity index (χ0) is 26.4. The maximum Gasteiger partial charge on any atom is 0.243 e. The molecule has 10 heteroatoms. The fourth-order valence-corrected chi connectivity index (χ4v) is 5.50. The first-order valence-corrected chi connectivity index (χ1v) is 14.0. The van der Waals surface area contributed by atoms with Gasteiger partial charge in [0, 0.05) is 34.3 Å². The van der Waals surface area contributed by atoms with Gasteiger partial charge in [0.1, 0.15) is 17.5 Å². The molecule has 2 N–H and O–H groups in total. The van der Waals surface area contributed by atoms with Crippen molar-refractivity contribution in [3.05, 3.63) is 48.0 Å². The van der Waals surface area contributed by atoms with E-state index in [-0.39, 0.29) is 30.2 Å². The molecule has 2 aromatic carbocycles. The summed E-state index contributed by atoms with van der Waals surface area (Å²) < 4.78 is 23.4. The van der Waals surface area contributed by atoms with Gasteiger partial charge in [0.2, 0.25) is 24.5 Å². The van der Waals surface area contributed by atoms with Crippen LogP contribution in [0.25, 0.3) is 0 Å². The highest BCUT2D eigenvalue weighted by atomic mass is 32.2. The molecule has 0 saturated heterocycles. The third kappa shape index (κ3) is 7.09. The Balaban J connectivity index is 1.40. The standard InChI is InChI=1S/C27H33N3O6S/c1-18-7-6-10-22(13-18)30(19(2)27(33)29-20-8-4-3-5-9-20)26(32)16-37(34)15-25(31)28-21-11-12-23-24(14-21)36-17-35-23/h6-7,10-14,19-20H,3-5,8-9,15-17H2,1-2H3,(H,28,31)(H,29,33)/t19-,37+/m1/s1. The Labute approximate surface area is 219 Å². The normalized spacial score (nSPS) is 16.5. The number of aryl methyl sites for hydroxylation is 1. The van der Waals surface area contributed by atoms with E-state index >= 15 is 0 Å². The SMILES string of the molecule is Cc1cccc(N(C(=O)C[S@@](=O)CC(=O)Nc2ccc3c(c2)OCO3)[C@H](C)C(=O)NC2CCCCC2)c1. The molecule has 198 valence electrons. The molecule has 0 radical (unpaired) electrons. The Morgan fingerprint density at radius 3 is 2.54 bits per heavy atom. The first kappa shape index (κ1) is 26.7. The van der Waals surface area contributed by atoms with Gasteiger partial charge in [0.15, 0.2) is 11.5 Å². The lowest BCUT2D eigenvalue weighted by Crippen LogP contribution is -2.52. The van der Waals surface area contributed by atoms with Gasteiger partial charge in [0.05, 0.1) is 0 Å². The maximum absolute atomic E-state index is 13.4. The van der Waals surface area contributed by atoms with Crippen LogP contribution < -0.4 is 25.0 Å². The number of carbonyl (C=O) groups is 3. The number of carbonyl (C=O) groups excluding carboxylic acids is 3. The number of hydrogen-bond acceptors (Lipinski definition) is 6. The van der Waals surface area contributed by atoms with E-state index < -0.39 is 28.7 Å². The second kappa shape index (κ2) is 12.2. The van der Waals surface area contributed by atoms with E-state index in [4.69, 9.17) is 9.47 Å². The summed E-state index contributed by atoms with van der Waals surface area (Å²) in [7, 11) is -1.78. The van der Waals surface area contributed by atoms with Gasteiger partial charge in [-0.2, -0.15) is 0 Å². The van der Waals surface area contributed by atoms with Crippen molar-refractivity contribution >= 4 is 39.9 Å². The second-order valence-corrected chi connectivity index (χ2v) is 10.9. The lowest BCUT2D eigenvalue weighted by Gasteiger charge is -2.31. The van der Waals surface area contributed by atoms with Crippen LogP contribution in [0.3, 0.4) is 0 Å². The van der Waals surface area contributed by atoms with Crippen molar-refractivity contribution in [1.82, 2.24) is 5.32 Å². The Morgan fingerprint density at radius 1 is 1.03 bits per heavy atom. The summed E-state index contributed by atoms with van der Waals surface area (Å²) in [6.45, 7) is 3.69. The van der Waals surface area contributed by atoms with Crippen LogP contribution in [0.15, 0.2) is 42.5 Å².